The Morgan fingerprint density at radius 1 is 1.17 bits per heavy atom. The third-order valence-electron chi connectivity index (χ3n) is 4.22. The third-order valence-corrected chi connectivity index (χ3v) is 5.14. The molecule has 0 aromatic heterocycles. The molecule has 1 amide bonds. The van der Waals surface area contributed by atoms with Crippen molar-refractivity contribution in [2.45, 2.75) is 38.1 Å². The molecule has 5 nitrogen and oxygen atoms in total. The predicted octanol–water partition coefficient (Wildman–Crippen LogP) is 3.31. The number of fused-ring (bicyclic) bond motifs is 1. The summed E-state index contributed by atoms with van der Waals surface area (Å²) in [6, 6.07) is 6.03. The van der Waals surface area contributed by atoms with Gasteiger partial charge in [-0.3, -0.25) is 9.79 Å². The van der Waals surface area contributed by atoms with Crippen molar-refractivity contribution in [3.63, 3.8) is 0 Å². The summed E-state index contributed by atoms with van der Waals surface area (Å²) in [5.41, 5.74) is 0.922. The molecule has 4 rings (SSSR count). The van der Waals surface area contributed by atoms with Crippen LogP contribution >= 0.6 is 11.8 Å². The Morgan fingerprint density at radius 3 is 2.87 bits per heavy atom. The number of carbonyl (C=O) groups excluding carboxylic acids is 1. The van der Waals surface area contributed by atoms with E-state index in [1.807, 2.05) is 24.3 Å². The number of nitrogens with one attached hydrogen (secondary N) is 1. The third kappa shape index (κ3) is 3.22. The van der Waals surface area contributed by atoms with Crippen LogP contribution in [0.4, 0.5) is 0 Å². The van der Waals surface area contributed by atoms with Gasteiger partial charge in [-0.15, -0.1) is 0 Å². The minimum Gasteiger partial charge on any atom is -0.454 e. The molecule has 3 aliphatic rings. The molecule has 0 spiro atoms. The average Bonchev–Trinajstić information content (AvgIpc) is 3.15. The fourth-order valence-electron chi connectivity index (χ4n) is 3.02. The normalized spacial score (nSPS) is 24.4. The average molecular weight is 330 g/mol. The van der Waals surface area contributed by atoms with Crippen LogP contribution < -0.4 is 14.8 Å². The highest BCUT2D eigenvalue weighted by molar-refractivity contribution is 8.18. The minimum atomic E-state index is -0.0813. The fraction of sp³-hybridized carbons (Fsp3) is 0.412. The Balaban J connectivity index is 1.50. The van der Waals surface area contributed by atoms with Crippen molar-refractivity contribution in [1.82, 2.24) is 5.32 Å². The topological polar surface area (TPSA) is 59.9 Å². The first-order chi connectivity index (χ1) is 11.3. The van der Waals surface area contributed by atoms with E-state index >= 15 is 0 Å². The van der Waals surface area contributed by atoms with Crippen LogP contribution in [0, 0.1) is 0 Å². The smallest absolute Gasteiger partial charge is 0.264 e. The lowest BCUT2D eigenvalue weighted by Gasteiger charge is -2.17. The molecule has 0 atom stereocenters. The van der Waals surface area contributed by atoms with Gasteiger partial charge in [-0.05, 0) is 48.4 Å². The van der Waals surface area contributed by atoms with Crippen molar-refractivity contribution < 1.29 is 14.3 Å². The van der Waals surface area contributed by atoms with E-state index in [0.29, 0.717) is 10.9 Å². The Morgan fingerprint density at radius 2 is 2.00 bits per heavy atom. The van der Waals surface area contributed by atoms with E-state index in [2.05, 4.69) is 5.32 Å². The predicted molar refractivity (Wildman–Crippen MR) is 90.6 cm³/mol. The zero-order valence-electron chi connectivity index (χ0n) is 12.7. The molecule has 2 aliphatic heterocycles. The number of aliphatic imine (C=N–C) groups is 1. The van der Waals surface area contributed by atoms with Gasteiger partial charge in [-0.1, -0.05) is 25.3 Å². The second-order valence-electron chi connectivity index (χ2n) is 5.90. The largest absolute Gasteiger partial charge is 0.454 e. The summed E-state index contributed by atoms with van der Waals surface area (Å²) in [6.45, 7) is 0.253. The zero-order valence-corrected chi connectivity index (χ0v) is 13.5. The van der Waals surface area contributed by atoms with E-state index in [1.54, 1.807) is 0 Å². The molecule has 0 bridgehead atoms. The van der Waals surface area contributed by atoms with Gasteiger partial charge in [0.25, 0.3) is 5.91 Å². The van der Waals surface area contributed by atoms with Gasteiger partial charge in [0.2, 0.25) is 6.79 Å². The molecule has 0 radical (unpaired) electrons. The van der Waals surface area contributed by atoms with E-state index < -0.39 is 0 Å². The summed E-state index contributed by atoms with van der Waals surface area (Å²) in [7, 11) is 0. The minimum absolute atomic E-state index is 0.0813. The summed E-state index contributed by atoms with van der Waals surface area (Å²) >= 11 is 1.42. The molecular formula is C17H18N2O3S. The van der Waals surface area contributed by atoms with Crippen LogP contribution in [0.25, 0.3) is 6.08 Å². The number of amidine groups is 1. The number of carbonyl (C=O) groups is 1. The van der Waals surface area contributed by atoms with Gasteiger partial charge in [-0.2, -0.15) is 0 Å². The van der Waals surface area contributed by atoms with Crippen molar-refractivity contribution in [3.05, 3.63) is 28.7 Å². The van der Waals surface area contributed by atoms with Gasteiger partial charge < -0.3 is 14.8 Å². The lowest BCUT2D eigenvalue weighted by molar-refractivity contribution is -0.115. The number of thioether (sulfide) groups is 1. The van der Waals surface area contributed by atoms with Gasteiger partial charge >= 0.3 is 0 Å². The highest BCUT2D eigenvalue weighted by atomic mass is 32.2. The van der Waals surface area contributed by atoms with Crippen molar-refractivity contribution in [2.24, 2.45) is 4.99 Å². The lowest BCUT2D eigenvalue weighted by atomic mass is 9.96. The maximum atomic E-state index is 12.1. The number of rotatable bonds is 2. The summed E-state index contributed by atoms with van der Waals surface area (Å²) in [4.78, 5) is 17.5. The molecule has 23 heavy (non-hydrogen) atoms. The number of nitrogens with zero attached hydrogens (tertiary/aromatic N) is 1. The molecule has 1 saturated heterocycles. The van der Waals surface area contributed by atoms with E-state index in [4.69, 9.17) is 14.5 Å². The number of hydrogen-bond donors (Lipinski definition) is 1. The first kappa shape index (κ1) is 14.6. The molecule has 1 N–H and O–H groups in total. The SMILES string of the molecule is O=C1NC(=NC2CCCCC2)SC1=Cc1ccc2c(c1)OCO2. The molecule has 1 aromatic carbocycles. The Labute approximate surface area is 139 Å². The first-order valence-electron chi connectivity index (χ1n) is 7.96. The highest BCUT2D eigenvalue weighted by Crippen LogP contribution is 2.34. The summed E-state index contributed by atoms with van der Waals surface area (Å²) in [5, 5.41) is 3.60. The molecule has 6 heteroatoms. The van der Waals surface area contributed by atoms with E-state index in [-0.39, 0.29) is 12.7 Å². The summed E-state index contributed by atoms with van der Waals surface area (Å²) in [5.74, 6) is 1.39. The zero-order chi connectivity index (χ0) is 15.6. The van der Waals surface area contributed by atoms with E-state index in [9.17, 15) is 4.79 Å². The number of amides is 1. The van der Waals surface area contributed by atoms with E-state index in [1.165, 1.54) is 31.0 Å². The van der Waals surface area contributed by atoms with Gasteiger partial charge in [-0.25, -0.2) is 0 Å². The number of ether oxygens (including phenoxy) is 2. The molecule has 0 unspecified atom stereocenters. The van der Waals surface area contributed by atoms with Crippen molar-refractivity contribution in [2.75, 3.05) is 6.79 Å². The Bertz CT molecular complexity index is 693. The maximum Gasteiger partial charge on any atom is 0.264 e. The van der Waals surface area contributed by atoms with Crippen LogP contribution in [0.2, 0.25) is 0 Å². The van der Waals surface area contributed by atoms with Crippen LogP contribution in [0.1, 0.15) is 37.7 Å². The summed E-state index contributed by atoms with van der Waals surface area (Å²) < 4.78 is 10.7. The molecule has 2 fully saturated rings. The number of hydrogen-bond acceptors (Lipinski definition) is 5. The van der Waals surface area contributed by atoms with Crippen LogP contribution in [0.5, 0.6) is 11.5 Å². The molecule has 1 aromatic rings. The lowest BCUT2D eigenvalue weighted by Crippen LogP contribution is -2.22. The standard InChI is InChI=1S/C17H18N2O3S/c20-16-15(9-11-6-7-13-14(8-11)22-10-21-13)23-17(19-16)18-12-4-2-1-3-5-12/h6-9,12H,1-5,10H2,(H,18,19,20). The van der Waals surface area contributed by atoms with Crippen LogP contribution in [0.3, 0.4) is 0 Å². The molecule has 1 saturated carbocycles. The van der Waals surface area contributed by atoms with E-state index in [0.717, 1.165) is 35.1 Å². The van der Waals surface area contributed by atoms with Gasteiger partial charge in [0.05, 0.1) is 10.9 Å². The molecular weight excluding hydrogens is 312 g/mol. The fourth-order valence-corrected chi connectivity index (χ4v) is 3.91. The van der Waals surface area contributed by atoms with Gasteiger partial charge in [0.1, 0.15) is 0 Å². The number of benzene rings is 1. The quantitative estimate of drug-likeness (QED) is 0.845. The van der Waals surface area contributed by atoms with Crippen LogP contribution in [-0.2, 0) is 4.79 Å². The maximum absolute atomic E-state index is 12.1. The Kier molecular flexibility index (Phi) is 3.99. The van der Waals surface area contributed by atoms with Gasteiger partial charge in [0, 0.05) is 0 Å². The summed E-state index contributed by atoms with van der Waals surface area (Å²) in [6.07, 6.45) is 7.89. The molecule has 1 aliphatic carbocycles. The monoisotopic (exact) mass is 330 g/mol. The highest BCUT2D eigenvalue weighted by Gasteiger charge is 2.25. The van der Waals surface area contributed by atoms with Gasteiger partial charge in [0.15, 0.2) is 16.7 Å². The van der Waals surface area contributed by atoms with Crippen LogP contribution in [0.15, 0.2) is 28.1 Å². The second kappa shape index (κ2) is 6.28. The van der Waals surface area contributed by atoms with Crippen LogP contribution in [-0.4, -0.2) is 23.9 Å². The first-order valence-corrected chi connectivity index (χ1v) is 8.78. The van der Waals surface area contributed by atoms with Crippen molar-refractivity contribution >= 4 is 28.9 Å². The van der Waals surface area contributed by atoms with Crippen molar-refractivity contribution in [3.8, 4) is 11.5 Å². The molecule has 2 heterocycles. The second-order valence-corrected chi connectivity index (χ2v) is 6.93. The Hall–Kier alpha value is -1.95. The van der Waals surface area contributed by atoms with Crippen molar-refractivity contribution in [1.29, 1.82) is 0 Å². The molecule has 120 valence electrons.